The van der Waals surface area contributed by atoms with Gasteiger partial charge in [-0.2, -0.15) is 0 Å². The van der Waals surface area contributed by atoms with Gasteiger partial charge in [-0.1, -0.05) is 12.1 Å². The van der Waals surface area contributed by atoms with Crippen LogP contribution in [0.4, 0.5) is 4.39 Å². The largest absolute Gasteiger partial charge is 0.462 e. The van der Waals surface area contributed by atoms with E-state index >= 15 is 0 Å². The minimum Gasteiger partial charge on any atom is -0.462 e. The van der Waals surface area contributed by atoms with Gasteiger partial charge < -0.3 is 9.72 Å². The maximum absolute atomic E-state index is 13.2. The van der Waals surface area contributed by atoms with Gasteiger partial charge in [0.25, 0.3) is 0 Å². The van der Waals surface area contributed by atoms with Crippen molar-refractivity contribution in [2.24, 2.45) is 0 Å². The van der Waals surface area contributed by atoms with Gasteiger partial charge in [0, 0.05) is 16.3 Å². The van der Waals surface area contributed by atoms with Gasteiger partial charge in [-0.3, -0.25) is 0 Å². The van der Waals surface area contributed by atoms with Gasteiger partial charge in [0.2, 0.25) is 0 Å². The van der Waals surface area contributed by atoms with Crippen LogP contribution in [0.25, 0.3) is 21.8 Å². The Labute approximate surface area is 109 Å². The number of halogens is 1. The molecule has 0 amide bonds. The van der Waals surface area contributed by atoms with E-state index in [0.29, 0.717) is 23.2 Å². The fourth-order valence-electron chi connectivity index (χ4n) is 2.28. The molecule has 0 unspecified atom stereocenters. The molecule has 0 aliphatic rings. The molecule has 0 spiro atoms. The number of para-hydroxylation sites is 1. The van der Waals surface area contributed by atoms with Gasteiger partial charge >= 0.3 is 5.97 Å². The number of nitrogens with one attached hydrogen (secondary N) is 1. The number of ether oxygens (including phenoxy) is 1. The normalized spacial score (nSPS) is 11.1. The van der Waals surface area contributed by atoms with E-state index in [2.05, 4.69) is 4.98 Å². The lowest BCUT2D eigenvalue weighted by molar-refractivity contribution is 0.0528. The maximum atomic E-state index is 13.2. The van der Waals surface area contributed by atoms with Crippen molar-refractivity contribution in [1.82, 2.24) is 4.98 Å². The number of benzene rings is 2. The van der Waals surface area contributed by atoms with E-state index in [1.165, 1.54) is 12.1 Å². The van der Waals surface area contributed by atoms with E-state index in [1.54, 1.807) is 25.1 Å². The third kappa shape index (κ3) is 1.85. The number of carbonyl (C=O) groups is 1. The summed E-state index contributed by atoms with van der Waals surface area (Å²) in [7, 11) is 0. The van der Waals surface area contributed by atoms with Crippen LogP contribution in [0.2, 0.25) is 0 Å². The maximum Gasteiger partial charge on any atom is 0.340 e. The van der Waals surface area contributed by atoms with Gasteiger partial charge in [-0.15, -0.1) is 0 Å². The van der Waals surface area contributed by atoms with Crippen molar-refractivity contribution in [1.29, 1.82) is 0 Å². The number of esters is 1. The van der Waals surface area contributed by atoms with Gasteiger partial charge in [0.1, 0.15) is 5.82 Å². The number of fused-ring (bicyclic) bond motifs is 3. The van der Waals surface area contributed by atoms with Gasteiger partial charge in [-0.25, -0.2) is 9.18 Å². The molecule has 0 aliphatic heterocycles. The smallest absolute Gasteiger partial charge is 0.340 e. The Balaban J connectivity index is 2.30. The van der Waals surface area contributed by atoms with Crippen molar-refractivity contribution in [3.05, 3.63) is 47.8 Å². The zero-order valence-corrected chi connectivity index (χ0v) is 10.4. The van der Waals surface area contributed by atoms with Crippen LogP contribution < -0.4 is 0 Å². The highest BCUT2D eigenvalue weighted by atomic mass is 19.1. The zero-order chi connectivity index (χ0) is 13.4. The number of aromatic nitrogens is 1. The highest BCUT2D eigenvalue weighted by Gasteiger charge is 2.14. The van der Waals surface area contributed by atoms with Gasteiger partial charge in [0.15, 0.2) is 0 Å². The van der Waals surface area contributed by atoms with E-state index in [-0.39, 0.29) is 11.8 Å². The van der Waals surface area contributed by atoms with Crippen LogP contribution >= 0.6 is 0 Å². The first-order valence-corrected chi connectivity index (χ1v) is 6.08. The average molecular weight is 257 g/mol. The summed E-state index contributed by atoms with van der Waals surface area (Å²) in [5.74, 6) is -0.683. The summed E-state index contributed by atoms with van der Waals surface area (Å²) < 4.78 is 18.3. The molecule has 96 valence electrons. The second-order valence-corrected chi connectivity index (χ2v) is 4.26. The number of aromatic amines is 1. The predicted molar refractivity (Wildman–Crippen MR) is 71.7 cm³/mol. The van der Waals surface area contributed by atoms with Crippen molar-refractivity contribution in [3.63, 3.8) is 0 Å². The summed E-state index contributed by atoms with van der Waals surface area (Å²) in [6.45, 7) is 2.09. The Morgan fingerprint density at radius 3 is 2.89 bits per heavy atom. The molecule has 1 heterocycles. The van der Waals surface area contributed by atoms with Crippen LogP contribution in [-0.2, 0) is 4.74 Å². The van der Waals surface area contributed by atoms with Crippen molar-refractivity contribution < 1.29 is 13.9 Å². The lowest BCUT2D eigenvalue weighted by Gasteiger charge is -2.02. The second kappa shape index (κ2) is 4.39. The molecular weight excluding hydrogens is 245 g/mol. The molecule has 2 aromatic carbocycles. The first-order valence-electron chi connectivity index (χ1n) is 6.08. The van der Waals surface area contributed by atoms with Gasteiger partial charge in [-0.05, 0) is 31.2 Å². The lowest BCUT2D eigenvalue weighted by atomic mass is 10.1. The van der Waals surface area contributed by atoms with Crippen LogP contribution in [0.15, 0.2) is 36.4 Å². The Kier molecular flexibility index (Phi) is 2.71. The molecule has 0 bridgehead atoms. The molecule has 0 fully saturated rings. The van der Waals surface area contributed by atoms with E-state index in [4.69, 9.17) is 4.74 Å². The Bertz CT molecular complexity index is 776. The topological polar surface area (TPSA) is 42.1 Å². The summed E-state index contributed by atoms with van der Waals surface area (Å²) >= 11 is 0. The molecule has 3 aromatic rings. The second-order valence-electron chi connectivity index (χ2n) is 4.26. The third-order valence-electron chi connectivity index (χ3n) is 3.09. The van der Waals surface area contributed by atoms with Gasteiger partial charge in [0.05, 0.1) is 17.7 Å². The van der Waals surface area contributed by atoms with Crippen molar-refractivity contribution in [2.75, 3.05) is 6.61 Å². The molecule has 0 aliphatic carbocycles. The fraction of sp³-hybridized carbons (Fsp3) is 0.133. The van der Waals surface area contributed by atoms with E-state index in [1.807, 2.05) is 6.07 Å². The molecule has 1 N–H and O–H groups in total. The third-order valence-corrected chi connectivity index (χ3v) is 3.09. The molecule has 0 atom stereocenters. The molecule has 3 rings (SSSR count). The Morgan fingerprint density at radius 1 is 1.26 bits per heavy atom. The van der Waals surface area contributed by atoms with E-state index in [9.17, 15) is 9.18 Å². The SMILES string of the molecule is CCOC(=O)c1cccc2c1[nH]c1cc(F)ccc12. The molecule has 19 heavy (non-hydrogen) atoms. The van der Waals surface area contributed by atoms with Crippen LogP contribution in [0.3, 0.4) is 0 Å². The molecule has 0 saturated heterocycles. The molecule has 0 saturated carbocycles. The molecule has 3 nitrogen and oxygen atoms in total. The van der Waals surface area contributed by atoms with E-state index in [0.717, 1.165) is 10.8 Å². The molecule has 4 heteroatoms. The summed E-state index contributed by atoms with van der Waals surface area (Å²) in [4.78, 5) is 15.0. The average Bonchev–Trinajstić information content (AvgIpc) is 2.75. The Morgan fingerprint density at radius 2 is 2.11 bits per heavy atom. The first-order chi connectivity index (χ1) is 9.20. The molecule has 1 aromatic heterocycles. The summed E-state index contributed by atoms with van der Waals surface area (Å²) in [5, 5.41) is 1.78. The Hall–Kier alpha value is -2.36. The standard InChI is InChI=1S/C15H12FNO2/c1-2-19-15(18)12-5-3-4-11-10-7-6-9(16)8-13(10)17-14(11)12/h3-8,17H,2H2,1H3. The summed E-state index contributed by atoms with van der Waals surface area (Å²) in [6, 6.07) is 9.93. The zero-order valence-electron chi connectivity index (χ0n) is 10.4. The van der Waals surface area contributed by atoms with E-state index < -0.39 is 0 Å². The first kappa shape index (κ1) is 11.7. The van der Waals surface area contributed by atoms with Crippen molar-refractivity contribution in [3.8, 4) is 0 Å². The number of carbonyl (C=O) groups excluding carboxylic acids is 1. The van der Waals surface area contributed by atoms with Crippen LogP contribution in [-0.4, -0.2) is 17.6 Å². The fourth-order valence-corrected chi connectivity index (χ4v) is 2.28. The lowest BCUT2D eigenvalue weighted by Crippen LogP contribution is -2.05. The molecular formula is C15H12FNO2. The summed E-state index contributed by atoms with van der Waals surface area (Å²) in [5.41, 5.74) is 1.82. The minimum absolute atomic E-state index is 0.309. The predicted octanol–water partition coefficient (Wildman–Crippen LogP) is 3.64. The quantitative estimate of drug-likeness (QED) is 0.712. The minimum atomic E-state index is -0.375. The molecule has 0 radical (unpaired) electrons. The van der Waals surface area contributed by atoms with Crippen molar-refractivity contribution in [2.45, 2.75) is 6.92 Å². The number of rotatable bonds is 2. The number of hydrogen-bond donors (Lipinski definition) is 1. The van der Waals surface area contributed by atoms with Crippen LogP contribution in [0.5, 0.6) is 0 Å². The highest BCUT2D eigenvalue weighted by molar-refractivity contribution is 6.13. The highest BCUT2D eigenvalue weighted by Crippen LogP contribution is 2.28. The number of H-pyrrole nitrogens is 1. The van der Waals surface area contributed by atoms with Crippen molar-refractivity contribution >= 4 is 27.8 Å². The van der Waals surface area contributed by atoms with Crippen LogP contribution in [0, 0.1) is 5.82 Å². The number of hydrogen-bond acceptors (Lipinski definition) is 2. The monoisotopic (exact) mass is 257 g/mol. The van der Waals surface area contributed by atoms with Crippen LogP contribution in [0.1, 0.15) is 17.3 Å². The summed E-state index contributed by atoms with van der Waals surface area (Å²) in [6.07, 6.45) is 0.